The SMILES string of the molecule is N#Cc1c(-c2cccc(F)c2)cc(-c2cccc(O)c2)nc1N. The number of hydrogen-bond acceptors (Lipinski definition) is 4. The zero-order valence-corrected chi connectivity index (χ0v) is 12.0. The van der Waals surface area contributed by atoms with Crippen LogP contribution in [0, 0.1) is 17.1 Å². The third-order valence-corrected chi connectivity index (χ3v) is 3.44. The molecule has 0 atom stereocenters. The molecule has 23 heavy (non-hydrogen) atoms. The molecule has 3 aromatic rings. The van der Waals surface area contributed by atoms with Crippen LogP contribution in [0.3, 0.4) is 0 Å². The summed E-state index contributed by atoms with van der Waals surface area (Å²) in [5.41, 5.74) is 8.27. The maximum absolute atomic E-state index is 13.5. The molecule has 5 heteroatoms. The normalized spacial score (nSPS) is 10.3. The molecule has 3 N–H and O–H groups in total. The summed E-state index contributed by atoms with van der Waals surface area (Å²) >= 11 is 0. The van der Waals surface area contributed by atoms with Gasteiger partial charge < -0.3 is 10.8 Å². The van der Waals surface area contributed by atoms with Crippen LogP contribution in [0.25, 0.3) is 22.4 Å². The van der Waals surface area contributed by atoms with Crippen molar-refractivity contribution in [3.05, 3.63) is 66.0 Å². The Kier molecular flexibility index (Phi) is 3.65. The fraction of sp³-hybridized carbons (Fsp3) is 0. The van der Waals surface area contributed by atoms with E-state index in [2.05, 4.69) is 4.98 Å². The minimum absolute atomic E-state index is 0.0626. The molecule has 2 aromatic carbocycles. The molecule has 1 heterocycles. The van der Waals surface area contributed by atoms with E-state index in [1.54, 1.807) is 42.5 Å². The molecular weight excluding hydrogens is 293 g/mol. The number of anilines is 1. The van der Waals surface area contributed by atoms with Crippen molar-refractivity contribution in [2.24, 2.45) is 0 Å². The Labute approximate surface area is 132 Å². The fourth-order valence-corrected chi connectivity index (χ4v) is 2.38. The number of phenolic OH excluding ortho intramolecular Hbond substituents is 1. The average Bonchev–Trinajstić information content (AvgIpc) is 2.54. The molecule has 0 bridgehead atoms. The lowest BCUT2D eigenvalue weighted by molar-refractivity contribution is 0.475. The molecule has 0 saturated carbocycles. The average molecular weight is 305 g/mol. The van der Waals surface area contributed by atoms with Crippen LogP contribution in [-0.2, 0) is 0 Å². The monoisotopic (exact) mass is 305 g/mol. The Morgan fingerprint density at radius 2 is 1.78 bits per heavy atom. The highest BCUT2D eigenvalue weighted by molar-refractivity contribution is 5.80. The largest absolute Gasteiger partial charge is 0.508 e. The fourth-order valence-electron chi connectivity index (χ4n) is 2.38. The first-order valence-electron chi connectivity index (χ1n) is 6.84. The van der Waals surface area contributed by atoms with Gasteiger partial charge in [0.05, 0.1) is 5.69 Å². The van der Waals surface area contributed by atoms with Gasteiger partial charge in [0.15, 0.2) is 0 Å². The van der Waals surface area contributed by atoms with Gasteiger partial charge in [-0.25, -0.2) is 9.37 Å². The van der Waals surface area contributed by atoms with Crippen molar-refractivity contribution in [1.29, 1.82) is 5.26 Å². The molecule has 0 radical (unpaired) electrons. The van der Waals surface area contributed by atoms with E-state index in [4.69, 9.17) is 5.73 Å². The van der Waals surface area contributed by atoms with Crippen molar-refractivity contribution in [1.82, 2.24) is 4.98 Å². The molecule has 3 rings (SSSR count). The van der Waals surface area contributed by atoms with E-state index in [1.807, 2.05) is 6.07 Å². The summed E-state index contributed by atoms with van der Waals surface area (Å²) in [6, 6.07) is 16.1. The number of nitrogens with two attached hydrogens (primary N) is 1. The van der Waals surface area contributed by atoms with Crippen LogP contribution in [0.2, 0.25) is 0 Å². The Balaban J connectivity index is 2.25. The van der Waals surface area contributed by atoms with Gasteiger partial charge in [0.1, 0.15) is 29.0 Å². The van der Waals surface area contributed by atoms with Gasteiger partial charge in [0.25, 0.3) is 0 Å². The van der Waals surface area contributed by atoms with Crippen molar-refractivity contribution < 1.29 is 9.50 Å². The second-order valence-electron chi connectivity index (χ2n) is 4.99. The molecule has 0 fully saturated rings. The van der Waals surface area contributed by atoms with Gasteiger partial charge >= 0.3 is 0 Å². The number of nitrogen functional groups attached to an aromatic ring is 1. The molecule has 0 aliphatic carbocycles. The van der Waals surface area contributed by atoms with Gasteiger partial charge in [0, 0.05) is 11.1 Å². The molecule has 1 aromatic heterocycles. The van der Waals surface area contributed by atoms with E-state index in [0.29, 0.717) is 22.4 Å². The van der Waals surface area contributed by atoms with E-state index in [1.165, 1.54) is 12.1 Å². The van der Waals surface area contributed by atoms with E-state index in [0.717, 1.165) is 0 Å². The smallest absolute Gasteiger partial charge is 0.142 e. The van der Waals surface area contributed by atoms with Crippen molar-refractivity contribution in [2.75, 3.05) is 5.73 Å². The van der Waals surface area contributed by atoms with Crippen LogP contribution in [-0.4, -0.2) is 10.1 Å². The van der Waals surface area contributed by atoms with Crippen molar-refractivity contribution >= 4 is 5.82 Å². The zero-order valence-electron chi connectivity index (χ0n) is 12.0. The molecule has 0 aliphatic rings. The number of benzene rings is 2. The third-order valence-electron chi connectivity index (χ3n) is 3.44. The summed E-state index contributed by atoms with van der Waals surface area (Å²) in [7, 11) is 0. The molecule has 112 valence electrons. The number of nitriles is 1. The molecule has 0 spiro atoms. The van der Waals surface area contributed by atoms with Crippen molar-refractivity contribution in [3.8, 4) is 34.2 Å². The minimum Gasteiger partial charge on any atom is -0.508 e. The first-order valence-corrected chi connectivity index (χ1v) is 6.84. The van der Waals surface area contributed by atoms with Crippen molar-refractivity contribution in [2.45, 2.75) is 0 Å². The predicted molar refractivity (Wildman–Crippen MR) is 85.9 cm³/mol. The molecule has 0 amide bonds. The lowest BCUT2D eigenvalue weighted by Crippen LogP contribution is -2.00. The first kappa shape index (κ1) is 14.5. The van der Waals surface area contributed by atoms with Crippen LogP contribution < -0.4 is 5.73 Å². The second-order valence-corrected chi connectivity index (χ2v) is 4.99. The topological polar surface area (TPSA) is 82.9 Å². The Bertz CT molecular complexity index is 932. The van der Waals surface area contributed by atoms with Crippen molar-refractivity contribution in [3.63, 3.8) is 0 Å². The van der Waals surface area contributed by atoms with Crippen LogP contribution in [0.15, 0.2) is 54.6 Å². The molecule has 0 saturated heterocycles. The Hall–Kier alpha value is -3.39. The van der Waals surface area contributed by atoms with Crippen LogP contribution >= 0.6 is 0 Å². The summed E-state index contributed by atoms with van der Waals surface area (Å²) < 4.78 is 13.5. The van der Waals surface area contributed by atoms with E-state index >= 15 is 0 Å². The highest BCUT2D eigenvalue weighted by Crippen LogP contribution is 2.32. The maximum Gasteiger partial charge on any atom is 0.142 e. The summed E-state index contributed by atoms with van der Waals surface area (Å²) in [6.07, 6.45) is 0. The van der Waals surface area contributed by atoms with Gasteiger partial charge in [-0.3, -0.25) is 0 Å². The Morgan fingerprint density at radius 3 is 2.48 bits per heavy atom. The minimum atomic E-state index is -0.402. The number of halogens is 1. The summed E-state index contributed by atoms with van der Waals surface area (Å²) in [6.45, 7) is 0. The highest BCUT2D eigenvalue weighted by Gasteiger charge is 2.14. The Morgan fingerprint density at radius 1 is 1.04 bits per heavy atom. The van der Waals surface area contributed by atoms with Crippen LogP contribution in [0.5, 0.6) is 5.75 Å². The number of pyridine rings is 1. The first-order chi connectivity index (χ1) is 11.1. The summed E-state index contributed by atoms with van der Waals surface area (Å²) in [4.78, 5) is 4.21. The number of phenols is 1. The van der Waals surface area contributed by atoms with Crippen LogP contribution in [0.4, 0.5) is 10.2 Å². The van der Waals surface area contributed by atoms with E-state index in [-0.39, 0.29) is 17.1 Å². The van der Waals surface area contributed by atoms with Gasteiger partial charge in [-0.1, -0.05) is 24.3 Å². The van der Waals surface area contributed by atoms with Gasteiger partial charge in [0.2, 0.25) is 0 Å². The molecule has 4 nitrogen and oxygen atoms in total. The van der Waals surface area contributed by atoms with Gasteiger partial charge in [-0.2, -0.15) is 5.26 Å². The lowest BCUT2D eigenvalue weighted by Gasteiger charge is -2.10. The number of nitrogens with zero attached hydrogens (tertiary/aromatic N) is 2. The highest BCUT2D eigenvalue weighted by atomic mass is 19.1. The zero-order chi connectivity index (χ0) is 16.4. The summed E-state index contributed by atoms with van der Waals surface area (Å²) in [5, 5.41) is 18.9. The van der Waals surface area contributed by atoms with Gasteiger partial charge in [-0.15, -0.1) is 0 Å². The number of hydrogen-bond donors (Lipinski definition) is 2. The lowest BCUT2D eigenvalue weighted by atomic mass is 9.98. The van der Waals surface area contributed by atoms with E-state index in [9.17, 15) is 14.8 Å². The second kappa shape index (κ2) is 5.78. The maximum atomic E-state index is 13.5. The molecule has 0 aliphatic heterocycles. The van der Waals surface area contributed by atoms with Crippen LogP contribution in [0.1, 0.15) is 5.56 Å². The number of rotatable bonds is 2. The molecular formula is C18H12FN3O. The summed E-state index contributed by atoms with van der Waals surface area (Å²) in [5.74, 6) is -0.243. The molecule has 0 unspecified atom stereocenters. The quantitative estimate of drug-likeness (QED) is 0.756. The third kappa shape index (κ3) is 2.83. The van der Waals surface area contributed by atoms with Gasteiger partial charge in [-0.05, 0) is 35.9 Å². The predicted octanol–water partition coefficient (Wildman–Crippen LogP) is 3.71. The standard InChI is InChI=1S/C18H12FN3O/c19-13-5-1-3-11(7-13)15-9-17(22-18(21)16(15)10-20)12-4-2-6-14(23)8-12/h1-9,23H,(H2,21,22). The van der Waals surface area contributed by atoms with E-state index < -0.39 is 5.82 Å². The number of aromatic nitrogens is 1. The number of aromatic hydroxyl groups is 1.